The van der Waals surface area contributed by atoms with Gasteiger partial charge in [0, 0.05) is 4.57 Å². The third-order valence-corrected chi connectivity index (χ3v) is 4.15. The predicted molar refractivity (Wildman–Crippen MR) is 66.3 cm³/mol. The molecule has 0 bridgehead atoms. The van der Waals surface area contributed by atoms with Gasteiger partial charge in [-0.25, -0.2) is 9.05 Å². The first-order chi connectivity index (χ1) is 7.66. The van der Waals surface area contributed by atoms with Gasteiger partial charge in [-0.1, -0.05) is 22.7 Å². The fourth-order valence-electron chi connectivity index (χ4n) is 0.913. The molecule has 4 N–H and O–H groups in total. The number of hydrogen-bond acceptors (Lipinski definition) is 7. The van der Waals surface area contributed by atoms with Gasteiger partial charge in [-0.05, 0) is 22.9 Å². The summed E-state index contributed by atoms with van der Waals surface area (Å²) in [6.07, 6.45) is 0. The van der Waals surface area contributed by atoms with Crippen LogP contribution in [0.25, 0.3) is 0 Å². The number of anilines is 2. The van der Waals surface area contributed by atoms with E-state index in [1.165, 1.54) is 22.7 Å². The van der Waals surface area contributed by atoms with Crippen molar-refractivity contribution in [2.45, 2.75) is 0 Å². The number of hydrogen-bond donors (Lipinski definition) is 2. The SMILES string of the molecule is Nc1ccsc1O[P+](=O)Oc1sccc1N. The Morgan fingerprint density at radius 1 is 1.00 bits per heavy atom. The number of nitrogens with two attached hydrogens (primary N) is 2. The lowest BCUT2D eigenvalue weighted by Gasteiger charge is -1.91. The highest BCUT2D eigenvalue weighted by Crippen LogP contribution is 2.40. The number of nitrogen functional groups attached to an aromatic ring is 2. The second-order valence-electron chi connectivity index (χ2n) is 2.73. The molecular weight excluding hydrogens is 267 g/mol. The van der Waals surface area contributed by atoms with E-state index in [4.69, 9.17) is 20.5 Å². The Kier molecular flexibility index (Phi) is 3.28. The Morgan fingerprint density at radius 2 is 1.44 bits per heavy atom. The van der Waals surface area contributed by atoms with Crippen LogP contribution in [0.1, 0.15) is 0 Å². The van der Waals surface area contributed by atoms with Crippen LogP contribution in [0.5, 0.6) is 10.1 Å². The van der Waals surface area contributed by atoms with Crippen LogP contribution in [0, 0.1) is 0 Å². The lowest BCUT2D eigenvalue weighted by atomic mass is 10.5. The Hall–Kier alpha value is -1.30. The molecule has 0 atom stereocenters. The van der Waals surface area contributed by atoms with Crippen molar-refractivity contribution in [2.24, 2.45) is 0 Å². The molecule has 0 aliphatic heterocycles. The average Bonchev–Trinajstić information content (AvgIpc) is 2.79. The van der Waals surface area contributed by atoms with Crippen molar-refractivity contribution in [3.05, 3.63) is 22.9 Å². The molecular formula is C8H8N2O3PS2+. The van der Waals surface area contributed by atoms with Crippen molar-refractivity contribution in [1.82, 2.24) is 0 Å². The molecule has 84 valence electrons. The van der Waals surface area contributed by atoms with Crippen molar-refractivity contribution in [3.63, 3.8) is 0 Å². The van der Waals surface area contributed by atoms with E-state index in [2.05, 4.69) is 0 Å². The first kappa shape index (κ1) is 11.2. The van der Waals surface area contributed by atoms with Crippen LogP contribution in [0.4, 0.5) is 11.4 Å². The Morgan fingerprint density at radius 3 is 1.75 bits per heavy atom. The molecule has 2 aromatic heterocycles. The number of thiophene rings is 2. The van der Waals surface area contributed by atoms with E-state index in [0.717, 1.165) is 0 Å². The van der Waals surface area contributed by atoms with Crippen LogP contribution in [0.3, 0.4) is 0 Å². The fraction of sp³-hybridized carbons (Fsp3) is 0. The van der Waals surface area contributed by atoms with Crippen LogP contribution in [-0.2, 0) is 4.57 Å². The van der Waals surface area contributed by atoms with E-state index in [1.54, 1.807) is 22.9 Å². The average molecular weight is 275 g/mol. The molecule has 2 heterocycles. The molecule has 0 spiro atoms. The number of rotatable bonds is 4. The molecule has 0 aliphatic rings. The third-order valence-electron chi connectivity index (χ3n) is 1.63. The van der Waals surface area contributed by atoms with E-state index in [0.29, 0.717) is 21.5 Å². The molecule has 0 saturated heterocycles. The van der Waals surface area contributed by atoms with Crippen LogP contribution < -0.4 is 20.5 Å². The molecule has 0 aromatic carbocycles. The standard InChI is InChI=1S/C8H8N2O3PS2/c9-5-1-3-15-7(5)12-14(11)13-8-6(10)2-4-16-8/h1-4H,9-10H2/q+1. The Labute approximate surface area is 101 Å². The summed E-state index contributed by atoms with van der Waals surface area (Å²) in [7, 11) is -2.30. The van der Waals surface area contributed by atoms with Crippen molar-refractivity contribution >= 4 is 42.3 Å². The van der Waals surface area contributed by atoms with Gasteiger partial charge in [-0.3, -0.25) is 0 Å². The van der Waals surface area contributed by atoms with Crippen LogP contribution >= 0.6 is 30.9 Å². The van der Waals surface area contributed by atoms with Crippen molar-refractivity contribution in [2.75, 3.05) is 11.5 Å². The second-order valence-corrected chi connectivity index (χ2v) is 5.30. The largest absolute Gasteiger partial charge is 0.807 e. The lowest BCUT2D eigenvalue weighted by molar-refractivity contribution is 0.425. The van der Waals surface area contributed by atoms with Gasteiger partial charge in [0.2, 0.25) is 0 Å². The van der Waals surface area contributed by atoms with Gasteiger partial charge in [-0.2, -0.15) is 0 Å². The molecule has 0 unspecified atom stereocenters. The van der Waals surface area contributed by atoms with Gasteiger partial charge < -0.3 is 11.5 Å². The maximum atomic E-state index is 11.5. The molecule has 0 amide bonds. The van der Waals surface area contributed by atoms with Gasteiger partial charge in [0.05, 0.1) is 11.4 Å². The highest BCUT2D eigenvalue weighted by atomic mass is 32.1. The van der Waals surface area contributed by atoms with Crippen molar-refractivity contribution in [1.29, 1.82) is 0 Å². The molecule has 0 fully saturated rings. The molecule has 0 radical (unpaired) electrons. The summed E-state index contributed by atoms with van der Waals surface area (Å²) >= 11 is 2.51. The smallest absolute Gasteiger partial charge is 0.395 e. The van der Waals surface area contributed by atoms with E-state index in [-0.39, 0.29) is 0 Å². The van der Waals surface area contributed by atoms with Crippen molar-refractivity contribution < 1.29 is 13.6 Å². The lowest BCUT2D eigenvalue weighted by Crippen LogP contribution is -1.91. The molecule has 0 saturated carbocycles. The van der Waals surface area contributed by atoms with Crippen LogP contribution in [-0.4, -0.2) is 0 Å². The first-order valence-electron chi connectivity index (χ1n) is 4.16. The zero-order valence-electron chi connectivity index (χ0n) is 7.95. The minimum Gasteiger partial charge on any atom is -0.395 e. The summed E-state index contributed by atoms with van der Waals surface area (Å²) in [6.45, 7) is 0. The van der Waals surface area contributed by atoms with Crippen LogP contribution in [0.2, 0.25) is 0 Å². The highest BCUT2D eigenvalue weighted by Gasteiger charge is 2.28. The van der Waals surface area contributed by atoms with Crippen molar-refractivity contribution in [3.8, 4) is 10.1 Å². The van der Waals surface area contributed by atoms with E-state index in [9.17, 15) is 4.57 Å². The molecule has 5 nitrogen and oxygen atoms in total. The summed E-state index contributed by atoms with van der Waals surface area (Å²) < 4.78 is 21.6. The zero-order valence-corrected chi connectivity index (χ0v) is 10.5. The van der Waals surface area contributed by atoms with Gasteiger partial charge in [0.15, 0.2) is 0 Å². The summed E-state index contributed by atoms with van der Waals surface area (Å²) in [4.78, 5) is 0. The van der Waals surface area contributed by atoms with Crippen LogP contribution in [0.15, 0.2) is 22.9 Å². The quantitative estimate of drug-likeness (QED) is 0.837. The highest BCUT2D eigenvalue weighted by molar-refractivity contribution is 7.35. The summed E-state index contributed by atoms with van der Waals surface area (Å²) in [5.74, 6) is 0. The first-order valence-corrected chi connectivity index (χ1v) is 7.01. The van der Waals surface area contributed by atoms with E-state index in [1.807, 2.05) is 0 Å². The Bertz CT molecular complexity index is 467. The molecule has 0 aliphatic carbocycles. The third kappa shape index (κ3) is 2.44. The molecule has 2 aromatic rings. The second kappa shape index (κ2) is 4.69. The molecule has 8 heteroatoms. The zero-order chi connectivity index (χ0) is 11.5. The monoisotopic (exact) mass is 275 g/mol. The van der Waals surface area contributed by atoms with E-state index < -0.39 is 8.25 Å². The summed E-state index contributed by atoms with van der Waals surface area (Å²) in [5, 5.41) is 4.26. The fourth-order valence-corrected chi connectivity index (χ4v) is 3.23. The minimum absolute atomic E-state index is 0.385. The molecule has 16 heavy (non-hydrogen) atoms. The minimum atomic E-state index is -2.30. The predicted octanol–water partition coefficient (Wildman–Crippen LogP) is 3.09. The summed E-state index contributed by atoms with van der Waals surface area (Å²) in [5.41, 5.74) is 12.0. The van der Waals surface area contributed by atoms with Gasteiger partial charge in [-0.15, -0.1) is 0 Å². The van der Waals surface area contributed by atoms with E-state index >= 15 is 0 Å². The maximum absolute atomic E-state index is 11.5. The van der Waals surface area contributed by atoms with Gasteiger partial charge in [0.25, 0.3) is 10.1 Å². The topological polar surface area (TPSA) is 87.6 Å². The van der Waals surface area contributed by atoms with Gasteiger partial charge >= 0.3 is 8.25 Å². The molecule has 2 rings (SSSR count). The normalized spacial score (nSPS) is 10.0. The summed E-state index contributed by atoms with van der Waals surface area (Å²) in [6, 6.07) is 3.34. The maximum Gasteiger partial charge on any atom is 0.807 e. The Balaban J connectivity index is 2.00. The van der Waals surface area contributed by atoms with Gasteiger partial charge in [0.1, 0.15) is 0 Å².